The zero-order valence-electron chi connectivity index (χ0n) is 16.3. The highest BCUT2D eigenvalue weighted by molar-refractivity contribution is 6.22. The van der Waals surface area contributed by atoms with Crippen molar-refractivity contribution in [3.63, 3.8) is 0 Å². The molecule has 150 valence electrons. The maximum atomic E-state index is 12.5. The number of carbonyl (C=O) groups excluding carboxylic acids is 4. The molecule has 1 aromatic rings. The number of amides is 3. The van der Waals surface area contributed by atoms with Gasteiger partial charge in [0.25, 0.3) is 17.7 Å². The third kappa shape index (κ3) is 3.79. The smallest absolute Gasteiger partial charge is 0.329 e. The number of imide groups is 1. The molecule has 1 aromatic carbocycles. The standard InChI is InChI=1S/C21H26N2O5/c1-3-22(15-9-5-4-6-10-15)18(24)13-28-21(27)14(2)23-19(25)16-11-7-8-12-17(16)20(23)26/h7-8,11-12,14-15H,3-6,9-10,13H2,1-2H3. The van der Waals surface area contributed by atoms with Gasteiger partial charge in [-0.05, 0) is 38.8 Å². The van der Waals surface area contributed by atoms with Crippen LogP contribution in [0.3, 0.4) is 0 Å². The van der Waals surface area contributed by atoms with Gasteiger partial charge in [0.05, 0.1) is 11.1 Å². The molecule has 1 heterocycles. The highest BCUT2D eigenvalue weighted by atomic mass is 16.5. The first-order chi connectivity index (χ1) is 13.5. The zero-order chi connectivity index (χ0) is 20.3. The molecular weight excluding hydrogens is 360 g/mol. The second-order valence-electron chi connectivity index (χ2n) is 7.28. The molecule has 0 N–H and O–H groups in total. The number of rotatable bonds is 6. The lowest BCUT2D eigenvalue weighted by Crippen LogP contribution is -2.46. The SMILES string of the molecule is CCN(C(=O)COC(=O)C(C)N1C(=O)c2ccccc2C1=O)C1CCCCC1. The molecule has 3 rings (SSSR count). The first kappa shape index (κ1) is 20.0. The summed E-state index contributed by atoms with van der Waals surface area (Å²) in [5.74, 6) is -2.04. The molecule has 3 amide bonds. The minimum absolute atomic E-state index is 0.193. The van der Waals surface area contributed by atoms with E-state index in [4.69, 9.17) is 4.74 Å². The van der Waals surface area contributed by atoms with Crippen LogP contribution in [0, 0.1) is 0 Å². The van der Waals surface area contributed by atoms with Crippen molar-refractivity contribution in [3.8, 4) is 0 Å². The van der Waals surface area contributed by atoms with Gasteiger partial charge in [0.2, 0.25) is 0 Å². The molecule has 0 bridgehead atoms. The van der Waals surface area contributed by atoms with E-state index in [2.05, 4.69) is 0 Å². The van der Waals surface area contributed by atoms with Crippen molar-refractivity contribution in [2.45, 2.75) is 58.0 Å². The Hall–Kier alpha value is -2.70. The van der Waals surface area contributed by atoms with Crippen LogP contribution in [0.2, 0.25) is 0 Å². The lowest BCUT2D eigenvalue weighted by Gasteiger charge is -2.33. The molecule has 28 heavy (non-hydrogen) atoms. The van der Waals surface area contributed by atoms with Gasteiger partial charge in [0.15, 0.2) is 6.61 Å². The summed E-state index contributed by atoms with van der Waals surface area (Å²) < 4.78 is 5.17. The van der Waals surface area contributed by atoms with Crippen molar-refractivity contribution < 1.29 is 23.9 Å². The molecule has 0 radical (unpaired) electrons. The Labute approximate surface area is 164 Å². The number of hydrogen-bond donors (Lipinski definition) is 0. The summed E-state index contributed by atoms with van der Waals surface area (Å²) in [7, 11) is 0. The Morgan fingerprint density at radius 2 is 1.68 bits per heavy atom. The van der Waals surface area contributed by atoms with E-state index in [-0.39, 0.29) is 29.7 Å². The van der Waals surface area contributed by atoms with Crippen molar-refractivity contribution in [2.24, 2.45) is 0 Å². The van der Waals surface area contributed by atoms with Crippen LogP contribution in [0.25, 0.3) is 0 Å². The number of esters is 1. The van der Waals surface area contributed by atoms with Gasteiger partial charge in [0.1, 0.15) is 6.04 Å². The van der Waals surface area contributed by atoms with Gasteiger partial charge in [-0.25, -0.2) is 4.79 Å². The van der Waals surface area contributed by atoms with Crippen LogP contribution in [-0.4, -0.2) is 58.7 Å². The maximum Gasteiger partial charge on any atom is 0.329 e. The fourth-order valence-electron chi connectivity index (χ4n) is 4.03. The molecule has 7 heteroatoms. The molecule has 0 spiro atoms. The van der Waals surface area contributed by atoms with E-state index in [9.17, 15) is 19.2 Å². The molecule has 0 saturated heterocycles. The predicted octanol–water partition coefficient (Wildman–Crippen LogP) is 2.40. The third-order valence-electron chi connectivity index (χ3n) is 5.57. The van der Waals surface area contributed by atoms with Gasteiger partial charge < -0.3 is 9.64 Å². The minimum Gasteiger partial charge on any atom is -0.454 e. The maximum absolute atomic E-state index is 12.5. The molecule has 1 saturated carbocycles. The summed E-state index contributed by atoms with van der Waals surface area (Å²) in [6, 6.07) is 5.55. The normalized spacial score (nSPS) is 18.0. The van der Waals surface area contributed by atoms with Gasteiger partial charge in [0, 0.05) is 12.6 Å². The lowest BCUT2D eigenvalue weighted by molar-refractivity contribution is -0.155. The largest absolute Gasteiger partial charge is 0.454 e. The van der Waals surface area contributed by atoms with Gasteiger partial charge in [-0.15, -0.1) is 0 Å². The van der Waals surface area contributed by atoms with Crippen LogP contribution in [0.1, 0.15) is 66.7 Å². The van der Waals surface area contributed by atoms with E-state index in [0.29, 0.717) is 6.54 Å². The topological polar surface area (TPSA) is 84.0 Å². The quantitative estimate of drug-likeness (QED) is 0.554. The number of benzene rings is 1. The summed E-state index contributed by atoms with van der Waals surface area (Å²) in [6.07, 6.45) is 5.34. The highest BCUT2D eigenvalue weighted by Gasteiger charge is 2.41. The van der Waals surface area contributed by atoms with Gasteiger partial charge in [-0.1, -0.05) is 31.4 Å². The molecule has 2 aliphatic rings. The fourth-order valence-corrected chi connectivity index (χ4v) is 4.03. The molecular formula is C21H26N2O5. The summed E-state index contributed by atoms with van der Waals surface area (Å²) in [5.41, 5.74) is 0.551. The number of fused-ring (bicyclic) bond motifs is 1. The predicted molar refractivity (Wildman–Crippen MR) is 102 cm³/mol. The number of ether oxygens (including phenoxy) is 1. The van der Waals surface area contributed by atoms with Crippen molar-refractivity contribution in [1.82, 2.24) is 9.80 Å². The average molecular weight is 386 g/mol. The number of likely N-dealkylation sites (N-methyl/N-ethyl adjacent to an activating group) is 1. The first-order valence-corrected chi connectivity index (χ1v) is 9.88. The summed E-state index contributed by atoms with van der Waals surface area (Å²) >= 11 is 0. The Balaban J connectivity index is 1.59. The van der Waals surface area contributed by atoms with Crippen LogP contribution >= 0.6 is 0 Å². The van der Waals surface area contributed by atoms with Crippen LogP contribution < -0.4 is 0 Å². The monoisotopic (exact) mass is 386 g/mol. The molecule has 1 aliphatic carbocycles. The highest BCUT2D eigenvalue weighted by Crippen LogP contribution is 2.25. The summed E-state index contributed by atoms with van der Waals surface area (Å²) in [4.78, 5) is 52.6. The van der Waals surface area contributed by atoms with E-state index in [1.807, 2.05) is 6.92 Å². The van der Waals surface area contributed by atoms with Crippen molar-refractivity contribution in [1.29, 1.82) is 0 Å². The molecule has 7 nitrogen and oxygen atoms in total. The summed E-state index contributed by atoms with van der Waals surface area (Å²) in [5, 5.41) is 0. The second kappa shape index (κ2) is 8.54. The summed E-state index contributed by atoms with van der Waals surface area (Å²) in [6.45, 7) is 3.54. The van der Waals surface area contributed by atoms with Gasteiger partial charge in [-0.3, -0.25) is 19.3 Å². The first-order valence-electron chi connectivity index (χ1n) is 9.88. The van der Waals surface area contributed by atoms with Gasteiger partial charge in [-0.2, -0.15) is 0 Å². The van der Waals surface area contributed by atoms with E-state index in [0.717, 1.165) is 30.6 Å². The molecule has 1 aliphatic heterocycles. The van der Waals surface area contributed by atoms with Crippen LogP contribution in [0.4, 0.5) is 0 Å². The van der Waals surface area contributed by atoms with Crippen LogP contribution in [0.15, 0.2) is 24.3 Å². The molecule has 0 aromatic heterocycles. The van der Waals surface area contributed by atoms with E-state index in [1.54, 1.807) is 29.2 Å². The molecule has 1 unspecified atom stereocenters. The second-order valence-corrected chi connectivity index (χ2v) is 7.28. The zero-order valence-corrected chi connectivity index (χ0v) is 16.3. The molecule has 1 fully saturated rings. The molecule has 1 atom stereocenters. The number of carbonyl (C=O) groups is 4. The number of hydrogen-bond acceptors (Lipinski definition) is 5. The number of nitrogens with zero attached hydrogens (tertiary/aromatic N) is 2. The van der Waals surface area contributed by atoms with Gasteiger partial charge >= 0.3 is 5.97 Å². The van der Waals surface area contributed by atoms with Crippen LogP contribution in [0.5, 0.6) is 0 Å². The van der Waals surface area contributed by atoms with Crippen molar-refractivity contribution >= 4 is 23.7 Å². The fraction of sp³-hybridized carbons (Fsp3) is 0.524. The Kier molecular flexibility index (Phi) is 6.11. The lowest BCUT2D eigenvalue weighted by atomic mass is 9.94. The van der Waals surface area contributed by atoms with Crippen molar-refractivity contribution in [3.05, 3.63) is 35.4 Å². The van der Waals surface area contributed by atoms with E-state index >= 15 is 0 Å². The average Bonchev–Trinajstić information content (AvgIpc) is 2.97. The minimum atomic E-state index is -1.09. The van der Waals surface area contributed by atoms with E-state index < -0.39 is 23.8 Å². The van der Waals surface area contributed by atoms with E-state index in [1.165, 1.54) is 13.3 Å². The Morgan fingerprint density at radius 3 is 2.21 bits per heavy atom. The van der Waals surface area contributed by atoms with Crippen LogP contribution in [-0.2, 0) is 14.3 Å². The Bertz CT molecular complexity index is 750. The third-order valence-corrected chi connectivity index (χ3v) is 5.57. The Morgan fingerprint density at radius 1 is 1.11 bits per heavy atom. The van der Waals surface area contributed by atoms with Crippen molar-refractivity contribution in [2.75, 3.05) is 13.2 Å².